The number of aryl methyl sites for hydroxylation is 1. The van der Waals surface area contributed by atoms with Gasteiger partial charge in [-0.25, -0.2) is 32.6 Å². The fourth-order valence-electron chi connectivity index (χ4n) is 9.58. The van der Waals surface area contributed by atoms with E-state index in [0.29, 0.717) is 71.3 Å². The number of halogens is 3. The summed E-state index contributed by atoms with van der Waals surface area (Å²) >= 11 is 0. The first kappa shape index (κ1) is 42.4. The van der Waals surface area contributed by atoms with Crippen molar-refractivity contribution in [1.29, 1.82) is 0 Å². The van der Waals surface area contributed by atoms with E-state index in [9.17, 15) is 14.0 Å². The Morgan fingerprint density at radius 2 is 1.77 bits per heavy atom. The number of nitrogens with zero attached hydrogens (tertiary/aromatic N) is 11. The van der Waals surface area contributed by atoms with Gasteiger partial charge in [-0.15, -0.1) is 0 Å². The van der Waals surface area contributed by atoms with Gasteiger partial charge in [-0.1, -0.05) is 6.07 Å². The Kier molecular flexibility index (Phi) is 10.5. The molecule has 0 aliphatic carbocycles. The lowest BCUT2D eigenvalue weighted by Crippen LogP contribution is -2.52. The number of aromatic nitrogens is 7. The third-order valence-corrected chi connectivity index (χ3v) is 12.6. The van der Waals surface area contributed by atoms with Gasteiger partial charge in [-0.05, 0) is 64.4 Å². The molecule has 3 fully saturated rings. The summed E-state index contributed by atoms with van der Waals surface area (Å²) in [6.07, 6.45) is 0.498. The summed E-state index contributed by atoms with van der Waals surface area (Å²) in [6, 6.07) is 10.1. The number of hydrogen-bond acceptors (Lipinski definition) is 13. The number of rotatable bonds is 4. The highest BCUT2D eigenvalue weighted by molar-refractivity contribution is 5.94. The highest BCUT2D eigenvalue weighted by Gasteiger charge is 2.46. The van der Waals surface area contributed by atoms with Gasteiger partial charge < -0.3 is 43.7 Å². The molecule has 0 radical (unpaired) electrons. The molecule has 8 heterocycles. The normalized spacial score (nSPS) is 22.6. The number of imidazole rings is 1. The predicted molar refractivity (Wildman–Crippen MR) is 235 cm³/mol. The van der Waals surface area contributed by atoms with Crippen LogP contribution in [-0.4, -0.2) is 146 Å². The molecule has 4 aliphatic heterocycles. The molecule has 65 heavy (non-hydrogen) atoms. The molecule has 1 N–H and O–H groups in total. The second-order valence-electron chi connectivity index (χ2n) is 18.1. The molecule has 4 aliphatic rings. The molecular formula is C45H49F3N12O5. The van der Waals surface area contributed by atoms with Gasteiger partial charge in [0.25, 0.3) is 0 Å². The second kappa shape index (κ2) is 16.2. The quantitative estimate of drug-likeness (QED) is 0.242. The number of fused-ring (bicyclic) bond motifs is 7. The van der Waals surface area contributed by atoms with E-state index in [1.54, 1.807) is 24.0 Å². The Morgan fingerprint density at radius 1 is 0.938 bits per heavy atom. The van der Waals surface area contributed by atoms with E-state index in [2.05, 4.69) is 10.4 Å². The average Bonchev–Trinajstić information content (AvgIpc) is 4.06. The molecule has 10 rings (SSSR count). The number of methoxy groups -OCH3 is 1. The van der Waals surface area contributed by atoms with Gasteiger partial charge in [-0.3, -0.25) is 4.79 Å². The van der Waals surface area contributed by atoms with E-state index in [1.807, 2.05) is 60.3 Å². The van der Waals surface area contributed by atoms with Crippen molar-refractivity contribution < 1.29 is 37.0 Å². The Morgan fingerprint density at radius 3 is 2.55 bits per heavy atom. The molecule has 3 saturated heterocycles. The minimum atomic E-state index is -0.848. The third-order valence-electron chi connectivity index (χ3n) is 12.6. The molecule has 4 bridgehead atoms. The van der Waals surface area contributed by atoms with E-state index in [-0.39, 0.29) is 61.5 Å². The van der Waals surface area contributed by atoms with Crippen molar-refractivity contribution in [2.75, 3.05) is 68.6 Å². The molecule has 2 amide bonds. The molecule has 2 aromatic carbocycles. The first-order chi connectivity index (χ1) is 31.1. The topological polar surface area (TPSA) is 161 Å². The largest absolute Gasteiger partial charge is 0.444 e. The smallest absolute Gasteiger partial charge is 0.410 e. The molecule has 17 nitrogen and oxygen atoms in total. The molecule has 20 heteroatoms. The van der Waals surface area contributed by atoms with E-state index in [1.165, 1.54) is 29.1 Å². The van der Waals surface area contributed by atoms with Crippen LogP contribution in [0.25, 0.3) is 39.0 Å². The molecule has 0 saturated carbocycles. The second-order valence-corrected chi connectivity index (χ2v) is 18.1. The first-order valence-corrected chi connectivity index (χ1v) is 21.6. The standard InChI is InChI=1S/C45H49F3N12O5/c1-24-50-33-16-26(47)14-29-32-8-7-9-38(52-32)51-27-17-35(42(61)55(5)20-28(63-6)21-58(24)39(29)33)59(19-27)40-30-18-49-60(34-11-10-25(46)15-31(34)48)41(30)54-43(53-40)57-12-13-64-37-23-56(22-36(37)57)44(62)65-45(2,3)4/h7-11,14-16,18,27-28,35-37H,12-13,17,19-23H2,1-6H3,(H,51,52)/t27?,28-,35-,36+,37-/m0/s1. The zero-order chi connectivity index (χ0) is 45.5. The highest BCUT2D eigenvalue weighted by atomic mass is 19.1. The fraction of sp³-hybridized carbons (Fsp3) is 0.444. The van der Waals surface area contributed by atoms with E-state index < -0.39 is 47.4 Å². The Hall–Kier alpha value is -6.54. The number of likely N-dealkylation sites (tertiary alicyclic amines) is 1. The van der Waals surface area contributed by atoms with Gasteiger partial charge in [0.2, 0.25) is 11.9 Å². The molecule has 1 unspecified atom stereocenters. The van der Waals surface area contributed by atoms with Crippen molar-refractivity contribution in [2.24, 2.45) is 0 Å². The van der Waals surface area contributed by atoms with Crippen molar-refractivity contribution in [3.05, 3.63) is 78.0 Å². The Bertz CT molecular complexity index is 2850. The van der Waals surface area contributed by atoms with Gasteiger partial charge in [0.15, 0.2) is 11.5 Å². The zero-order valence-electron chi connectivity index (χ0n) is 36.8. The van der Waals surface area contributed by atoms with Gasteiger partial charge in [-0.2, -0.15) is 15.1 Å². The number of hydrogen-bond donors (Lipinski definition) is 1. The molecule has 340 valence electrons. The van der Waals surface area contributed by atoms with Crippen LogP contribution in [0.5, 0.6) is 0 Å². The Balaban J connectivity index is 1.08. The maximum Gasteiger partial charge on any atom is 0.410 e. The lowest BCUT2D eigenvalue weighted by Gasteiger charge is -2.37. The molecule has 0 spiro atoms. The number of amides is 2. The summed E-state index contributed by atoms with van der Waals surface area (Å²) in [4.78, 5) is 55.3. The van der Waals surface area contributed by atoms with E-state index in [0.717, 1.165) is 12.1 Å². The SMILES string of the molecule is CO[C@H]1CN(C)C(=O)[C@@H]2CC(CN2c2nc(N3CCO[C@H]4CN(C(=O)OC(C)(C)C)C[C@H]43)nc3c2cnn3-c2ccc(F)cc2F)Nc2cccc(n2)-c2cc(F)cc3nc(C)n(c23)C1. The first-order valence-electron chi connectivity index (χ1n) is 21.6. The van der Waals surface area contributed by atoms with Crippen LogP contribution in [0, 0.1) is 24.4 Å². The number of carbonyl (C=O) groups is 2. The van der Waals surface area contributed by atoms with Crippen LogP contribution in [0.3, 0.4) is 0 Å². The van der Waals surface area contributed by atoms with Crippen molar-refractivity contribution in [2.45, 2.75) is 76.6 Å². The van der Waals surface area contributed by atoms with Gasteiger partial charge >= 0.3 is 6.09 Å². The summed E-state index contributed by atoms with van der Waals surface area (Å²) in [6.45, 7) is 9.28. The molecule has 6 aromatic rings. The van der Waals surface area contributed by atoms with Crippen LogP contribution < -0.4 is 15.1 Å². The number of nitrogens with one attached hydrogen (secondary N) is 1. The van der Waals surface area contributed by atoms with Crippen molar-refractivity contribution in [3.8, 4) is 16.9 Å². The summed E-state index contributed by atoms with van der Waals surface area (Å²) in [5.41, 5.74) is 1.77. The highest BCUT2D eigenvalue weighted by Crippen LogP contribution is 2.38. The van der Waals surface area contributed by atoms with Crippen molar-refractivity contribution >= 4 is 51.7 Å². The summed E-state index contributed by atoms with van der Waals surface area (Å²) in [7, 11) is 3.32. The molecule has 4 aromatic heterocycles. The number of ether oxygens (including phenoxy) is 3. The number of likely N-dealkylation sites (N-methyl/N-ethyl adjacent to an activating group) is 1. The van der Waals surface area contributed by atoms with Crippen LogP contribution in [0.15, 0.2) is 54.7 Å². The monoisotopic (exact) mass is 894 g/mol. The number of carbonyl (C=O) groups excluding carboxylic acids is 2. The van der Waals surface area contributed by atoms with Gasteiger partial charge in [0.05, 0.1) is 66.3 Å². The van der Waals surface area contributed by atoms with Crippen molar-refractivity contribution in [3.63, 3.8) is 0 Å². The molecular weight excluding hydrogens is 846 g/mol. The van der Waals surface area contributed by atoms with Crippen LogP contribution >= 0.6 is 0 Å². The average molecular weight is 895 g/mol. The van der Waals surface area contributed by atoms with Gasteiger partial charge in [0, 0.05) is 64.1 Å². The number of benzene rings is 2. The van der Waals surface area contributed by atoms with E-state index >= 15 is 8.78 Å². The van der Waals surface area contributed by atoms with Crippen molar-refractivity contribution in [1.82, 2.24) is 44.1 Å². The number of morpholine rings is 1. The van der Waals surface area contributed by atoms with Crippen LogP contribution in [0.4, 0.5) is 35.5 Å². The summed E-state index contributed by atoms with van der Waals surface area (Å²) < 4.78 is 66.2. The Labute approximate surface area is 372 Å². The third kappa shape index (κ3) is 7.81. The maximum atomic E-state index is 15.6. The summed E-state index contributed by atoms with van der Waals surface area (Å²) in [5.74, 6) is -0.461. The predicted octanol–water partition coefficient (Wildman–Crippen LogP) is 5.32. The number of pyridine rings is 1. The van der Waals surface area contributed by atoms with E-state index in [4.69, 9.17) is 34.1 Å². The number of anilines is 3. The van der Waals surface area contributed by atoms with Gasteiger partial charge in [0.1, 0.15) is 46.4 Å². The minimum Gasteiger partial charge on any atom is -0.444 e. The van der Waals surface area contributed by atoms with Crippen LogP contribution in [0.1, 0.15) is 33.0 Å². The lowest BCUT2D eigenvalue weighted by atomic mass is 10.1. The maximum absolute atomic E-state index is 15.6. The fourth-order valence-corrected chi connectivity index (χ4v) is 9.58. The molecule has 5 atom stereocenters. The van der Waals surface area contributed by atoms with Crippen LogP contribution in [-0.2, 0) is 25.5 Å². The minimum absolute atomic E-state index is 0.0352. The lowest BCUT2D eigenvalue weighted by molar-refractivity contribution is -0.132. The summed E-state index contributed by atoms with van der Waals surface area (Å²) in [5, 5.41) is 8.55. The zero-order valence-corrected chi connectivity index (χ0v) is 36.8. The van der Waals surface area contributed by atoms with Crippen LogP contribution in [0.2, 0.25) is 0 Å².